The second kappa shape index (κ2) is 7.20. The van der Waals surface area contributed by atoms with Gasteiger partial charge in [0, 0.05) is 18.8 Å². The Labute approximate surface area is 135 Å². The Kier molecular flexibility index (Phi) is 5.56. The molecule has 0 spiro atoms. The molecule has 5 heteroatoms. The lowest BCUT2D eigenvalue weighted by Gasteiger charge is -2.28. The summed E-state index contributed by atoms with van der Waals surface area (Å²) in [4.78, 5) is 4.08. The fraction of sp³-hybridized carbons (Fsp3) is 0.438. The molecule has 3 rings (SSSR count). The third kappa shape index (κ3) is 4.15. The highest BCUT2D eigenvalue weighted by Crippen LogP contribution is 2.30. The lowest BCUT2D eigenvalue weighted by molar-refractivity contribution is -0.180. The Morgan fingerprint density at radius 3 is 2.76 bits per heavy atom. The van der Waals surface area contributed by atoms with Gasteiger partial charge in [-0.05, 0) is 18.9 Å². The van der Waals surface area contributed by atoms with Gasteiger partial charge in [0.2, 0.25) is 0 Å². The number of nitrogens with zero attached hydrogens (tertiary/aromatic N) is 2. The highest BCUT2D eigenvalue weighted by Gasteiger charge is 2.39. The second-order valence-corrected chi connectivity index (χ2v) is 5.37. The highest BCUT2D eigenvalue weighted by molar-refractivity contribution is 8.93. The van der Waals surface area contributed by atoms with Gasteiger partial charge in [-0.1, -0.05) is 30.3 Å². The van der Waals surface area contributed by atoms with Crippen molar-refractivity contribution in [2.45, 2.75) is 38.2 Å². The number of aromatic nitrogens is 2. The summed E-state index contributed by atoms with van der Waals surface area (Å²) in [6.45, 7) is 3.39. The number of benzene rings is 1. The molecular formula is C16H21BrN2O2. The summed E-state index contributed by atoms with van der Waals surface area (Å²) in [5.41, 5.74) is 1.31. The molecule has 114 valence electrons. The van der Waals surface area contributed by atoms with E-state index in [2.05, 4.69) is 36.2 Å². The maximum Gasteiger partial charge on any atom is 0.187 e. The standard InChI is InChI=1S/C16H20N2O2.BrH/c1-14-11-19-16(20-14,12-18-10-9-17-13-18)8-7-15-5-3-2-4-6-15;/h2-6,9-10,13-14H,7-8,11-12H2,1H3;1H. The molecule has 2 aromatic rings. The lowest BCUT2D eigenvalue weighted by Crippen LogP contribution is -2.36. The molecule has 0 amide bonds. The third-order valence-electron chi connectivity index (χ3n) is 3.62. The number of hydrogen-bond donors (Lipinski definition) is 0. The van der Waals surface area contributed by atoms with E-state index in [1.54, 1.807) is 12.5 Å². The van der Waals surface area contributed by atoms with Gasteiger partial charge < -0.3 is 14.0 Å². The Morgan fingerprint density at radius 1 is 1.33 bits per heavy atom. The largest absolute Gasteiger partial charge is 0.345 e. The van der Waals surface area contributed by atoms with Crippen molar-refractivity contribution in [3.8, 4) is 0 Å². The maximum atomic E-state index is 6.07. The number of aryl methyl sites for hydroxylation is 1. The van der Waals surface area contributed by atoms with Crippen LogP contribution in [0.4, 0.5) is 0 Å². The first-order chi connectivity index (χ1) is 9.76. The summed E-state index contributed by atoms with van der Waals surface area (Å²) in [6.07, 6.45) is 7.47. The molecule has 0 N–H and O–H groups in total. The van der Waals surface area contributed by atoms with Crippen LogP contribution in [0.15, 0.2) is 49.1 Å². The predicted octanol–water partition coefficient (Wildman–Crippen LogP) is 3.23. The van der Waals surface area contributed by atoms with Gasteiger partial charge in [-0.25, -0.2) is 4.98 Å². The molecule has 1 saturated heterocycles. The molecule has 0 saturated carbocycles. The van der Waals surface area contributed by atoms with Crippen LogP contribution in [-0.4, -0.2) is 28.0 Å². The minimum atomic E-state index is -0.532. The Bertz CT molecular complexity index is 532. The van der Waals surface area contributed by atoms with Crippen molar-refractivity contribution in [2.24, 2.45) is 0 Å². The number of imidazole rings is 1. The van der Waals surface area contributed by atoms with Crippen LogP contribution in [0.3, 0.4) is 0 Å². The van der Waals surface area contributed by atoms with Gasteiger partial charge in [-0.3, -0.25) is 0 Å². The van der Waals surface area contributed by atoms with E-state index in [0.29, 0.717) is 13.2 Å². The Balaban J connectivity index is 0.00000161. The van der Waals surface area contributed by atoms with Crippen LogP contribution in [-0.2, 0) is 22.4 Å². The first kappa shape index (κ1) is 16.2. The summed E-state index contributed by atoms with van der Waals surface area (Å²) in [6, 6.07) is 10.5. The SMILES string of the molecule is Br.CC1COC(CCc2ccccc2)(Cn2ccnc2)O1. The Hall–Kier alpha value is -1.17. The Morgan fingerprint density at radius 2 is 2.14 bits per heavy atom. The number of hydrogen-bond acceptors (Lipinski definition) is 3. The van der Waals surface area contributed by atoms with Crippen molar-refractivity contribution < 1.29 is 9.47 Å². The lowest BCUT2D eigenvalue weighted by atomic mass is 10.0. The van der Waals surface area contributed by atoms with E-state index in [4.69, 9.17) is 9.47 Å². The van der Waals surface area contributed by atoms with Gasteiger partial charge in [0.15, 0.2) is 5.79 Å². The van der Waals surface area contributed by atoms with Gasteiger partial charge in [0.05, 0.1) is 25.6 Å². The molecule has 21 heavy (non-hydrogen) atoms. The average molecular weight is 353 g/mol. The van der Waals surface area contributed by atoms with Gasteiger partial charge >= 0.3 is 0 Å². The van der Waals surface area contributed by atoms with Crippen LogP contribution in [0.1, 0.15) is 18.9 Å². The number of rotatable bonds is 5. The smallest absolute Gasteiger partial charge is 0.187 e. The average Bonchev–Trinajstić information content (AvgIpc) is 3.09. The van der Waals surface area contributed by atoms with Crippen LogP contribution in [0.25, 0.3) is 0 Å². The summed E-state index contributed by atoms with van der Waals surface area (Å²) in [7, 11) is 0. The van der Waals surface area contributed by atoms with Crippen molar-refractivity contribution >= 4 is 17.0 Å². The molecule has 4 nitrogen and oxygen atoms in total. The maximum absolute atomic E-state index is 6.07. The summed E-state index contributed by atoms with van der Waals surface area (Å²) in [5, 5.41) is 0. The summed E-state index contributed by atoms with van der Waals surface area (Å²) >= 11 is 0. The molecule has 2 atom stereocenters. The van der Waals surface area contributed by atoms with E-state index in [1.165, 1.54) is 5.56 Å². The van der Waals surface area contributed by atoms with Crippen molar-refractivity contribution in [3.63, 3.8) is 0 Å². The summed E-state index contributed by atoms with van der Waals surface area (Å²) in [5.74, 6) is -0.532. The fourth-order valence-electron chi connectivity index (χ4n) is 2.63. The van der Waals surface area contributed by atoms with Gasteiger partial charge in [-0.15, -0.1) is 17.0 Å². The molecule has 1 aromatic carbocycles. The normalized spacial score (nSPS) is 24.7. The van der Waals surface area contributed by atoms with Crippen molar-refractivity contribution in [3.05, 3.63) is 54.6 Å². The molecule has 1 aromatic heterocycles. The van der Waals surface area contributed by atoms with Crippen LogP contribution in [0, 0.1) is 0 Å². The molecule has 2 heterocycles. The molecule has 1 aliphatic heterocycles. The minimum absolute atomic E-state index is 0. The highest BCUT2D eigenvalue weighted by atomic mass is 79.9. The second-order valence-electron chi connectivity index (χ2n) is 5.37. The topological polar surface area (TPSA) is 36.3 Å². The first-order valence-corrected chi connectivity index (χ1v) is 7.07. The van der Waals surface area contributed by atoms with E-state index in [1.807, 2.05) is 16.8 Å². The number of ether oxygens (including phenoxy) is 2. The van der Waals surface area contributed by atoms with E-state index in [-0.39, 0.29) is 23.1 Å². The van der Waals surface area contributed by atoms with Crippen LogP contribution in [0.5, 0.6) is 0 Å². The van der Waals surface area contributed by atoms with Crippen LogP contribution >= 0.6 is 17.0 Å². The van der Waals surface area contributed by atoms with Gasteiger partial charge in [-0.2, -0.15) is 0 Å². The minimum Gasteiger partial charge on any atom is -0.345 e. The third-order valence-corrected chi connectivity index (χ3v) is 3.62. The molecule has 0 radical (unpaired) electrons. The molecule has 0 aliphatic carbocycles. The van der Waals surface area contributed by atoms with E-state index in [0.717, 1.165) is 12.8 Å². The van der Waals surface area contributed by atoms with Crippen LogP contribution < -0.4 is 0 Å². The molecule has 2 unspecified atom stereocenters. The van der Waals surface area contributed by atoms with Crippen molar-refractivity contribution in [1.29, 1.82) is 0 Å². The van der Waals surface area contributed by atoms with Crippen molar-refractivity contribution in [1.82, 2.24) is 9.55 Å². The summed E-state index contributed by atoms with van der Waals surface area (Å²) < 4.78 is 14.1. The molecule has 0 bridgehead atoms. The fourth-order valence-corrected chi connectivity index (χ4v) is 2.63. The quantitative estimate of drug-likeness (QED) is 0.828. The molecular weight excluding hydrogens is 332 g/mol. The van der Waals surface area contributed by atoms with E-state index < -0.39 is 5.79 Å². The van der Waals surface area contributed by atoms with Crippen molar-refractivity contribution in [2.75, 3.05) is 6.61 Å². The number of halogens is 1. The first-order valence-electron chi connectivity index (χ1n) is 7.07. The van der Waals surface area contributed by atoms with Gasteiger partial charge in [0.1, 0.15) is 0 Å². The van der Waals surface area contributed by atoms with Gasteiger partial charge in [0.25, 0.3) is 0 Å². The zero-order chi connectivity index (χ0) is 13.8. The molecule has 1 aliphatic rings. The zero-order valence-electron chi connectivity index (χ0n) is 12.1. The monoisotopic (exact) mass is 352 g/mol. The van der Waals surface area contributed by atoms with E-state index >= 15 is 0 Å². The molecule has 1 fully saturated rings. The van der Waals surface area contributed by atoms with Crippen LogP contribution in [0.2, 0.25) is 0 Å². The predicted molar refractivity (Wildman–Crippen MR) is 86.5 cm³/mol. The zero-order valence-corrected chi connectivity index (χ0v) is 13.9. The van der Waals surface area contributed by atoms with E-state index in [9.17, 15) is 0 Å².